The lowest BCUT2D eigenvalue weighted by atomic mass is 10.7. The first-order valence-corrected chi connectivity index (χ1v) is 1.73. The van der Waals surface area contributed by atoms with E-state index in [2.05, 4.69) is 0 Å². The highest BCUT2D eigenvalue weighted by molar-refractivity contribution is 6.19. The molecule has 0 heterocycles. The van der Waals surface area contributed by atoms with Crippen LogP contribution in [0.2, 0.25) is 0 Å². The van der Waals surface area contributed by atoms with Crippen molar-refractivity contribution >= 4 is 11.6 Å². The van der Waals surface area contributed by atoms with Crippen LogP contribution in [0.25, 0.3) is 0 Å². The highest BCUT2D eigenvalue weighted by atomic mass is 35.5. The third-order valence-electron chi connectivity index (χ3n) is 0.194. The van der Waals surface area contributed by atoms with Crippen molar-refractivity contribution in [3.05, 3.63) is 0 Å². The Balaban J connectivity index is 0. The van der Waals surface area contributed by atoms with E-state index in [1.165, 1.54) is 0 Å². The van der Waals surface area contributed by atoms with E-state index in [0.29, 0.717) is 0 Å². The van der Waals surface area contributed by atoms with Crippen LogP contribution in [0, 0.1) is 0 Å². The molecule has 0 aromatic heterocycles. The lowest BCUT2D eigenvalue weighted by Crippen LogP contribution is -2.11. The van der Waals surface area contributed by atoms with Gasteiger partial charge in [-0.1, -0.05) is 11.6 Å². The summed E-state index contributed by atoms with van der Waals surface area (Å²) in [4.78, 5) is 0. The van der Waals surface area contributed by atoms with Gasteiger partial charge < -0.3 is 16.3 Å². The zero-order valence-corrected chi connectivity index (χ0v) is 3.94. The standard InChI is InChI=1S/C2H6ClNO.H2O/c3-2(5)1-4;/h2,5H,1,4H2;1H2. The van der Waals surface area contributed by atoms with Crippen LogP contribution in [0.3, 0.4) is 0 Å². The van der Waals surface area contributed by atoms with E-state index in [-0.39, 0.29) is 12.0 Å². The Labute approximate surface area is 41.0 Å². The number of aliphatic hydroxyl groups excluding tert-OH is 1. The highest BCUT2D eigenvalue weighted by Gasteiger charge is 1.85. The Morgan fingerprint density at radius 1 is 1.83 bits per heavy atom. The summed E-state index contributed by atoms with van der Waals surface area (Å²) in [6.07, 6.45) is 0. The molecule has 0 fully saturated rings. The summed E-state index contributed by atoms with van der Waals surface area (Å²) >= 11 is 4.89. The highest BCUT2D eigenvalue weighted by Crippen LogP contribution is 1.79. The van der Waals surface area contributed by atoms with Crippen molar-refractivity contribution in [1.82, 2.24) is 0 Å². The Bertz CT molecular complexity index is 25.5. The minimum Gasteiger partial charge on any atom is -0.412 e. The second-order valence-electron chi connectivity index (χ2n) is 0.670. The zero-order valence-electron chi connectivity index (χ0n) is 3.19. The molecule has 0 rings (SSSR count). The Kier molecular flexibility index (Phi) is 8.17. The molecule has 5 N–H and O–H groups in total. The summed E-state index contributed by atoms with van der Waals surface area (Å²) in [5, 5.41) is 8.00. The predicted molar refractivity (Wildman–Crippen MR) is 24.5 cm³/mol. The van der Waals surface area contributed by atoms with Crippen LogP contribution in [-0.4, -0.2) is 22.7 Å². The number of aliphatic hydroxyl groups is 1. The molecule has 0 aliphatic rings. The molecule has 0 aliphatic heterocycles. The van der Waals surface area contributed by atoms with E-state index in [1.54, 1.807) is 0 Å². The maximum Gasteiger partial charge on any atom is 0.140 e. The molecule has 4 heteroatoms. The molecule has 1 atom stereocenters. The van der Waals surface area contributed by atoms with Gasteiger partial charge in [0, 0.05) is 6.54 Å². The van der Waals surface area contributed by atoms with Gasteiger partial charge in [-0.3, -0.25) is 0 Å². The third kappa shape index (κ3) is 8.90. The molecule has 0 radical (unpaired) electrons. The second-order valence-corrected chi connectivity index (χ2v) is 1.17. The number of alkyl halides is 1. The van der Waals surface area contributed by atoms with E-state index in [4.69, 9.17) is 22.4 Å². The third-order valence-corrected chi connectivity index (χ3v) is 0.373. The first kappa shape index (κ1) is 9.48. The Morgan fingerprint density at radius 3 is 2.00 bits per heavy atom. The Hall–Kier alpha value is 0.170. The van der Waals surface area contributed by atoms with Gasteiger partial charge in [0.15, 0.2) is 0 Å². The van der Waals surface area contributed by atoms with Gasteiger partial charge in [-0.15, -0.1) is 0 Å². The monoisotopic (exact) mass is 113 g/mol. The average molecular weight is 114 g/mol. The first-order chi connectivity index (χ1) is 2.27. The van der Waals surface area contributed by atoms with Crippen LogP contribution in [0.4, 0.5) is 0 Å². The molecule has 0 spiro atoms. The maximum absolute atomic E-state index is 8.00. The number of hydrogen-bond donors (Lipinski definition) is 2. The van der Waals surface area contributed by atoms with Gasteiger partial charge in [0.25, 0.3) is 0 Å². The minimum absolute atomic E-state index is 0. The van der Waals surface area contributed by atoms with Gasteiger partial charge in [-0.25, -0.2) is 0 Å². The minimum atomic E-state index is -0.866. The van der Waals surface area contributed by atoms with Crippen molar-refractivity contribution in [3.8, 4) is 0 Å². The number of halogens is 1. The van der Waals surface area contributed by atoms with Crippen LogP contribution in [0.1, 0.15) is 0 Å². The summed E-state index contributed by atoms with van der Waals surface area (Å²) in [6, 6.07) is 0. The molecule has 3 nitrogen and oxygen atoms in total. The van der Waals surface area contributed by atoms with E-state index >= 15 is 0 Å². The molecule has 0 aromatic rings. The number of rotatable bonds is 1. The first-order valence-electron chi connectivity index (χ1n) is 1.29. The fraction of sp³-hybridized carbons (Fsp3) is 1.00. The van der Waals surface area contributed by atoms with Crippen molar-refractivity contribution < 1.29 is 10.6 Å². The zero-order chi connectivity index (χ0) is 4.28. The molecular weight excluding hydrogens is 105 g/mol. The SMILES string of the molecule is NCC(O)Cl.O. The molecule has 0 saturated heterocycles. The molecule has 0 bridgehead atoms. The molecule has 0 saturated carbocycles. The summed E-state index contributed by atoms with van der Waals surface area (Å²) in [5.41, 5.74) is 3.92. The summed E-state index contributed by atoms with van der Waals surface area (Å²) in [7, 11) is 0. The molecule has 6 heavy (non-hydrogen) atoms. The molecule has 1 unspecified atom stereocenters. The van der Waals surface area contributed by atoms with E-state index < -0.39 is 5.56 Å². The average Bonchev–Trinajstić information content (AvgIpc) is 1.38. The quantitative estimate of drug-likeness (QED) is 0.414. The van der Waals surface area contributed by atoms with Gasteiger partial charge in [0.1, 0.15) is 5.56 Å². The lowest BCUT2D eigenvalue weighted by Gasteiger charge is -1.88. The molecule has 0 aromatic carbocycles. The van der Waals surface area contributed by atoms with Gasteiger partial charge in [0.2, 0.25) is 0 Å². The van der Waals surface area contributed by atoms with Crippen molar-refractivity contribution in [1.29, 1.82) is 0 Å². The van der Waals surface area contributed by atoms with Crippen LogP contribution >= 0.6 is 11.6 Å². The van der Waals surface area contributed by atoms with Crippen molar-refractivity contribution in [2.45, 2.75) is 5.56 Å². The van der Waals surface area contributed by atoms with Gasteiger partial charge in [-0.05, 0) is 0 Å². The van der Waals surface area contributed by atoms with Gasteiger partial charge >= 0.3 is 0 Å². The predicted octanol–water partition coefficient (Wildman–Crippen LogP) is -1.32. The fourth-order valence-electron chi connectivity index (χ4n) is 0. The topological polar surface area (TPSA) is 77.8 Å². The largest absolute Gasteiger partial charge is 0.412 e. The summed E-state index contributed by atoms with van der Waals surface area (Å²) in [5.74, 6) is 0. The normalized spacial score (nSPS) is 12.5. The van der Waals surface area contributed by atoms with Crippen LogP contribution < -0.4 is 5.73 Å². The summed E-state index contributed by atoms with van der Waals surface area (Å²) in [6.45, 7) is 0.127. The molecular formula is C2H8ClNO2. The van der Waals surface area contributed by atoms with Gasteiger partial charge in [-0.2, -0.15) is 0 Å². The van der Waals surface area contributed by atoms with Crippen LogP contribution in [-0.2, 0) is 0 Å². The molecule has 40 valence electrons. The maximum atomic E-state index is 8.00. The number of hydrogen-bond acceptors (Lipinski definition) is 2. The van der Waals surface area contributed by atoms with Crippen molar-refractivity contribution in [3.63, 3.8) is 0 Å². The molecule has 0 aliphatic carbocycles. The number of nitrogens with two attached hydrogens (primary N) is 1. The Morgan fingerprint density at radius 2 is 2.00 bits per heavy atom. The van der Waals surface area contributed by atoms with E-state index in [9.17, 15) is 0 Å². The van der Waals surface area contributed by atoms with Crippen LogP contribution in [0.5, 0.6) is 0 Å². The van der Waals surface area contributed by atoms with E-state index in [0.717, 1.165) is 0 Å². The van der Waals surface area contributed by atoms with Gasteiger partial charge in [0.05, 0.1) is 0 Å². The van der Waals surface area contributed by atoms with Crippen molar-refractivity contribution in [2.24, 2.45) is 5.73 Å². The fourth-order valence-corrected chi connectivity index (χ4v) is 0. The summed E-state index contributed by atoms with van der Waals surface area (Å²) < 4.78 is 0. The smallest absolute Gasteiger partial charge is 0.140 e. The van der Waals surface area contributed by atoms with Crippen molar-refractivity contribution in [2.75, 3.05) is 6.54 Å². The molecule has 0 amide bonds. The van der Waals surface area contributed by atoms with E-state index in [1.807, 2.05) is 0 Å². The second kappa shape index (κ2) is 5.17. The lowest BCUT2D eigenvalue weighted by molar-refractivity contribution is 0.264. The van der Waals surface area contributed by atoms with Crippen LogP contribution in [0.15, 0.2) is 0 Å².